The molecule has 0 spiro atoms. The van der Waals surface area contributed by atoms with E-state index < -0.39 is 23.7 Å². The second-order valence-electron chi connectivity index (χ2n) is 6.24. The van der Waals surface area contributed by atoms with Crippen LogP contribution >= 0.6 is 11.8 Å². The third-order valence-electron chi connectivity index (χ3n) is 4.64. The summed E-state index contributed by atoms with van der Waals surface area (Å²) in [4.78, 5) is 25.1. The van der Waals surface area contributed by atoms with Crippen LogP contribution in [0.1, 0.15) is 46.7 Å². The van der Waals surface area contributed by atoms with Gasteiger partial charge in [-0.25, -0.2) is 4.57 Å². The van der Waals surface area contributed by atoms with Gasteiger partial charge < -0.3 is 9.30 Å². The number of halogens is 3. The Balaban J connectivity index is 2.05. The molecule has 146 valence electrons. The zero-order chi connectivity index (χ0) is 19.9. The van der Waals surface area contributed by atoms with E-state index in [1.54, 1.807) is 24.5 Å². The predicted octanol–water partition coefficient (Wildman–Crippen LogP) is 4.08. The first-order valence-electron chi connectivity index (χ1n) is 8.45. The van der Waals surface area contributed by atoms with Crippen LogP contribution in [0, 0.1) is 6.92 Å². The second-order valence-corrected chi connectivity index (χ2v) is 7.07. The van der Waals surface area contributed by atoms with Crippen LogP contribution in [-0.4, -0.2) is 33.7 Å². The van der Waals surface area contributed by atoms with Crippen molar-refractivity contribution in [3.63, 3.8) is 0 Å². The van der Waals surface area contributed by atoms with E-state index >= 15 is 0 Å². The number of thioether (sulfide) groups is 1. The molecule has 0 aromatic carbocycles. The summed E-state index contributed by atoms with van der Waals surface area (Å²) >= 11 is 0.920. The molecule has 0 bridgehead atoms. The number of carbonyl (C=O) groups is 2. The number of carbonyl (C=O) groups excluding carboxylic acids is 2. The number of hydrogen-bond acceptors (Lipinski definition) is 4. The number of ether oxygens (including phenoxy) is 1. The number of aryl methyl sites for hydroxylation is 1. The fourth-order valence-electron chi connectivity index (χ4n) is 3.57. The molecule has 1 unspecified atom stereocenters. The van der Waals surface area contributed by atoms with Crippen LogP contribution in [0.2, 0.25) is 0 Å². The van der Waals surface area contributed by atoms with Crippen molar-refractivity contribution in [1.29, 1.82) is 0 Å². The largest absolute Gasteiger partial charge is 0.489 e. The summed E-state index contributed by atoms with van der Waals surface area (Å²) in [6.07, 6.45) is -2.71. The van der Waals surface area contributed by atoms with Gasteiger partial charge in [0.1, 0.15) is 0 Å². The van der Waals surface area contributed by atoms with E-state index in [0.29, 0.717) is 24.2 Å². The second kappa shape index (κ2) is 7.10. The first-order chi connectivity index (χ1) is 12.7. The van der Waals surface area contributed by atoms with Crippen molar-refractivity contribution < 1.29 is 27.5 Å². The van der Waals surface area contributed by atoms with E-state index in [9.17, 15) is 22.8 Å². The van der Waals surface area contributed by atoms with Gasteiger partial charge in [0.15, 0.2) is 0 Å². The molecule has 0 radical (unpaired) electrons. The lowest BCUT2D eigenvalue weighted by Crippen LogP contribution is -2.24. The molecule has 5 nitrogen and oxygen atoms in total. The van der Waals surface area contributed by atoms with Gasteiger partial charge in [-0.2, -0.15) is 0 Å². The highest BCUT2D eigenvalue weighted by molar-refractivity contribution is 7.98. The van der Waals surface area contributed by atoms with E-state index in [1.807, 2.05) is 0 Å². The summed E-state index contributed by atoms with van der Waals surface area (Å²) in [5.74, 6) is -1.58. The minimum absolute atomic E-state index is 0.0545. The summed E-state index contributed by atoms with van der Waals surface area (Å²) in [5.41, 5.74) is 0.914. The Labute approximate surface area is 158 Å². The lowest BCUT2D eigenvalue weighted by Gasteiger charge is -2.15. The Kier molecular flexibility index (Phi) is 5.16. The first kappa shape index (κ1) is 19.6. The smallest absolute Gasteiger partial charge is 0.465 e. The van der Waals surface area contributed by atoms with Crippen LogP contribution in [0.4, 0.5) is 13.2 Å². The minimum Gasteiger partial charge on any atom is -0.465 e. The Bertz CT molecular complexity index is 899. The molecule has 1 aliphatic rings. The van der Waals surface area contributed by atoms with Gasteiger partial charge in [0.2, 0.25) is 5.78 Å². The highest BCUT2D eigenvalue weighted by Gasteiger charge is 2.39. The lowest BCUT2D eigenvalue weighted by molar-refractivity contribution is -0.209. The third-order valence-corrected chi connectivity index (χ3v) is 5.38. The quantitative estimate of drug-likeness (QED) is 0.431. The molecule has 0 saturated heterocycles. The molecule has 9 heteroatoms. The molecule has 0 fully saturated rings. The van der Waals surface area contributed by atoms with Gasteiger partial charge in [-0.15, -0.1) is 24.9 Å². The molecule has 0 saturated carbocycles. The average Bonchev–Trinajstić information content (AvgIpc) is 3.25. The zero-order valence-electron chi connectivity index (χ0n) is 15.1. The van der Waals surface area contributed by atoms with E-state index in [0.717, 1.165) is 11.8 Å². The Morgan fingerprint density at radius 2 is 2.04 bits per heavy atom. The zero-order valence-corrected chi connectivity index (χ0v) is 15.9. The fourth-order valence-corrected chi connectivity index (χ4v) is 4.15. The maximum atomic E-state index is 13.5. The van der Waals surface area contributed by atoms with Crippen molar-refractivity contribution in [1.82, 2.24) is 9.13 Å². The van der Waals surface area contributed by atoms with E-state index in [2.05, 4.69) is 0 Å². The molecular weight excluding hydrogens is 381 g/mol. The number of aromatic nitrogens is 2. The van der Waals surface area contributed by atoms with Crippen molar-refractivity contribution >= 4 is 23.5 Å². The van der Waals surface area contributed by atoms with Gasteiger partial charge in [0, 0.05) is 12.2 Å². The third kappa shape index (κ3) is 3.28. The topological polar surface area (TPSA) is 53.2 Å². The van der Waals surface area contributed by atoms with Gasteiger partial charge in [-0.05, 0) is 50.3 Å². The summed E-state index contributed by atoms with van der Waals surface area (Å²) in [6.45, 7) is 4.01. The maximum Gasteiger partial charge on any atom is 0.489 e. The molecule has 2 aromatic rings. The summed E-state index contributed by atoms with van der Waals surface area (Å²) in [6, 6.07) is 4.17. The van der Waals surface area contributed by atoms with Crippen LogP contribution in [0.3, 0.4) is 0 Å². The Morgan fingerprint density at radius 1 is 1.33 bits per heavy atom. The van der Waals surface area contributed by atoms with Crippen molar-refractivity contribution in [2.24, 2.45) is 0 Å². The average molecular weight is 400 g/mol. The molecule has 2 aromatic heterocycles. The van der Waals surface area contributed by atoms with Gasteiger partial charge >= 0.3 is 12.3 Å². The number of hydrogen-bond donors (Lipinski definition) is 0. The van der Waals surface area contributed by atoms with Crippen molar-refractivity contribution in [3.8, 4) is 0 Å². The van der Waals surface area contributed by atoms with Crippen LogP contribution < -0.4 is 0 Å². The van der Waals surface area contributed by atoms with Crippen molar-refractivity contribution in [3.05, 3.63) is 40.8 Å². The fraction of sp³-hybridized carbons (Fsp3) is 0.444. The molecular formula is C18H19F3N2O3S. The summed E-state index contributed by atoms with van der Waals surface area (Å²) in [7, 11) is 0. The summed E-state index contributed by atoms with van der Waals surface area (Å²) in [5, 5.41) is -0.0545. The summed E-state index contributed by atoms with van der Waals surface area (Å²) < 4.78 is 47.3. The van der Waals surface area contributed by atoms with Gasteiger partial charge in [-0.3, -0.25) is 9.59 Å². The number of nitrogens with zero attached hydrogens (tertiary/aromatic N) is 2. The van der Waals surface area contributed by atoms with Gasteiger partial charge in [0.05, 0.1) is 28.9 Å². The van der Waals surface area contributed by atoms with Crippen LogP contribution in [0.5, 0.6) is 0 Å². The molecule has 27 heavy (non-hydrogen) atoms. The van der Waals surface area contributed by atoms with E-state index in [-0.39, 0.29) is 27.9 Å². The van der Waals surface area contributed by atoms with Crippen LogP contribution in [-0.2, 0) is 22.4 Å². The van der Waals surface area contributed by atoms with Gasteiger partial charge in [-0.1, -0.05) is 0 Å². The van der Waals surface area contributed by atoms with Crippen LogP contribution in [0.25, 0.3) is 0 Å². The monoisotopic (exact) mass is 400 g/mol. The first-order valence-corrected chi connectivity index (χ1v) is 9.67. The highest BCUT2D eigenvalue weighted by atomic mass is 32.2. The predicted molar refractivity (Wildman–Crippen MR) is 94.1 cm³/mol. The van der Waals surface area contributed by atoms with Crippen LogP contribution in [0.15, 0.2) is 23.2 Å². The molecule has 0 amide bonds. The number of ketones is 1. The number of esters is 1. The molecule has 1 aliphatic heterocycles. The standard InChI is InChI=1S/C18H19F3N2O3S/c1-4-26-17(25)11-7-8-22-13(11)9-10(2)15(22)16(24)12-5-6-14(27-3)23(12)18(19,20)21/h5-6,9,11H,4,7-8H2,1-3H3. The minimum atomic E-state index is -4.70. The SMILES string of the molecule is CCOC(=O)C1CCn2c1cc(C)c2C(=O)c1ccc(SC)n1C(F)(F)F. The molecule has 1 atom stereocenters. The van der Waals surface area contributed by atoms with Crippen molar-refractivity contribution in [2.45, 2.75) is 44.1 Å². The normalized spacial score (nSPS) is 16.4. The van der Waals surface area contributed by atoms with Crippen molar-refractivity contribution in [2.75, 3.05) is 12.9 Å². The highest BCUT2D eigenvalue weighted by Crippen LogP contribution is 2.37. The van der Waals surface area contributed by atoms with E-state index in [1.165, 1.54) is 18.4 Å². The Hall–Kier alpha value is -2.16. The maximum absolute atomic E-state index is 13.5. The molecule has 3 rings (SSSR count). The number of alkyl halides is 3. The lowest BCUT2D eigenvalue weighted by atomic mass is 10.0. The van der Waals surface area contributed by atoms with E-state index in [4.69, 9.17) is 4.74 Å². The molecule has 3 heterocycles. The number of fused-ring (bicyclic) bond motifs is 1. The molecule has 0 N–H and O–H groups in total. The van der Waals surface area contributed by atoms with Gasteiger partial charge in [0.25, 0.3) is 0 Å². The Morgan fingerprint density at radius 3 is 2.63 bits per heavy atom. The molecule has 0 aliphatic carbocycles. The number of rotatable bonds is 5.